The lowest BCUT2D eigenvalue weighted by molar-refractivity contribution is -0.894. The van der Waals surface area contributed by atoms with Gasteiger partial charge in [-0.25, -0.2) is 0 Å². The molecule has 0 spiro atoms. The van der Waals surface area contributed by atoms with Crippen LogP contribution >= 0.6 is 0 Å². The number of benzene rings is 1. The maximum atomic E-state index is 12.7. The molecule has 0 saturated carbocycles. The fourth-order valence-corrected chi connectivity index (χ4v) is 2.88. The Hall–Kier alpha value is -2.76. The lowest BCUT2D eigenvalue weighted by Crippen LogP contribution is -2.52. The maximum absolute atomic E-state index is 12.7. The average Bonchev–Trinajstić information content (AvgIpc) is 2.62. The van der Waals surface area contributed by atoms with Crippen LogP contribution in [0.25, 0.3) is 0 Å². The van der Waals surface area contributed by atoms with Crippen LogP contribution < -0.4 is 14.4 Å². The summed E-state index contributed by atoms with van der Waals surface area (Å²) < 4.78 is 6.58. The molecule has 1 amide bonds. The highest BCUT2D eigenvalue weighted by Gasteiger charge is 2.28. The minimum absolute atomic E-state index is 0.0149. The van der Waals surface area contributed by atoms with Crippen LogP contribution in [0.4, 0.5) is 5.82 Å². The highest BCUT2D eigenvalue weighted by atomic mass is 16.5. The van der Waals surface area contributed by atoms with Gasteiger partial charge < -0.3 is 14.8 Å². The molecule has 0 radical (unpaired) electrons. The Morgan fingerprint density at radius 1 is 1.17 bits per heavy atom. The maximum Gasteiger partial charge on any atom is 0.316 e. The minimum atomic E-state index is 0.0149. The van der Waals surface area contributed by atoms with E-state index >= 15 is 0 Å². The Balaban J connectivity index is 1.65. The number of carbonyl (C=O) groups is 1. The number of pyridine rings is 1. The summed E-state index contributed by atoms with van der Waals surface area (Å²) in [6.45, 7) is 5.10. The number of carbonyl (C=O) groups excluding carboxylic acids is 1. The number of ether oxygens (including phenoxy) is 1. The van der Waals surface area contributed by atoms with Gasteiger partial charge in [-0.2, -0.15) is 0 Å². The van der Waals surface area contributed by atoms with Crippen LogP contribution in [-0.2, 0) is 0 Å². The third-order valence-corrected chi connectivity index (χ3v) is 4.10. The normalized spacial score (nSPS) is 14.5. The van der Waals surface area contributed by atoms with E-state index in [0.29, 0.717) is 44.1 Å². The molecule has 1 aromatic heterocycles. The number of aromatic nitrogens is 1. The first kappa shape index (κ1) is 16.1. The van der Waals surface area contributed by atoms with Crippen LogP contribution in [0.2, 0.25) is 0 Å². The van der Waals surface area contributed by atoms with Crippen LogP contribution in [0, 0.1) is 0 Å². The van der Waals surface area contributed by atoms with Gasteiger partial charge in [0.05, 0.1) is 19.7 Å². The van der Waals surface area contributed by atoms with E-state index in [1.165, 1.54) is 0 Å². The van der Waals surface area contributed by atoms with E-state index in [4.69, 9.17) is 4.74 Å². The van der Waals surface area contributed by atoms with Gasteiger partial charge in [-0.05, 0) is 31.2 Å². The zero-order chi connectivity index (χ0) is 16.9. The zero-order valence-electron chi connectivity index (χ0n) is 13.8. The SMILES string of the molecule is CCOc1cccc(C(=O)N2CCN(c3cccc[n+]3O)CC2)c1. The number of amides is 1. The number of hydrogen-bond donors (Lipinski definition) is 1. The monoisotopic (exact) mass is 328 g/mol. The Kier molecular flexibility index (Phi) is 4.84. The first-order valence-electron chi connectivity index (χ1n) is 8.16. The molecule has 1 saturated heterocycles. The predicted molar refractivity (Wildman–Crippen MR) is 89.5 cm³/mol. The van der Waals surface area contributed by atoms with Gasteiger partial charge in [-0.15, -0.1) is 0 Å². The van der Waals surface area contributed by atoms with Crippen LogP contribution in [0.3, 0.4) is 0 Å². The second kappa shape index (κ2) is 7.21. The number of anilines is 1. The van der Waals surface area contributed by atoms with E-state index in [0.717, 1.165) is 10.5 Å². The number of piperazine rings is 1. The van der Waals surface area contributed by atoms with E-state index in [1.54, 1.807) is 18.3 Å². The van der Waals surface area contributed by atoms with E-state index in [1.807, 2.05) is 42.2 Å². The van der Waals surface area contributed by atoms with Crippen LogP contribution in [0.5, 0.6) is 5.75 Å². The van der Waals surface area contributed by atoms with Gasteiger partial charge in [0, 0.05) is 11.6 Å². The number of hydrogen-bond acceptors (Lipinski definition) is 4. The van der Waals surface area contributed by atoms with Crippen molar-refractivity contribution in [2.75, 3.05) is 37.7 Å². The predicted octanol–water partition coefficient (Wildman–Crippen LogP) is 1.57. The lowest BCUT2D eigenvalue weighted by Gasteiger charge is -2.31. The molecule has 1 aliphatic rings. The summed E-state index contributed by atoms with van der Waals surface area (Å²) in [6.07, 6.45) is 1.60. The lowest BCUT2D eigenvalue weighted by atomic mass is 10.1. The van der Waals surface area contributed by atoms with Crippen molar-refractivity contribution in [2.45, 2.75) is 6.92 Å². The molecule has 24 heavy (non-hydrogen) atoms. The first-order valence-corrected chi connectivity index (χ1v) is 8.16. The summed E-state index contributed by atoms with van der Waals surface area (Å²) in [6, 6.07) is 12.8. The van der Waals surface area contributed by atoms with Crippen molar-refractivity contribution in [3.05, 3.63) is 54.2 Å². The highest BCUT2D eigenvalue weighted by Crippen LogP contribution is 2.17. The molecule has 2 aromatic rings. The van der Waals surface area contributed by atoms with Crippen LogP contribution in [0.1, 0.15) is 17.3 Å². The fourth-order valence-electron chi connectivity index (χ4n) is 2.88. The van der Waals surface area contributed by atoms with Gasteiger partial charge in [0.2, 0.25) is 0 Å². The summed E-state index contributed by atoms with van der Waals surface area (Å²) in [5.74, 6) is 1.47. The molecule has 0 unspecified atom stereocenters. The molecule has 0 atom stereocenters. The van der Waals surface area contributed by atoms with Crippen molar-refractivity contribution in [1.29, 1.82) is 0 Å². The highest BCUT2D eigenvalue weighted by molar-refractivity contribution is 5.94. The van der Waals surface area contributed by atoms with Crippen molar-refractivity contribution in [3.63, 3.8) is 0 Å². The first-order chi connectivity index (χ1) is 11.7. The topological polar surface area (TPSA) is 56.9 Å². The molecule has 2 heterocycles. The zero-order valence-corrected chi connectivity index (χ0v) is 13.8. The van der Waals surface area contributed by atoms with Crippen LogP contribution in [0.15, 0.2) is 48.7 Å². The number of nitrogens with zero attached hydrogens (tertiary/aromatic N) is 3. The molecule has 126 valence electrons. The van der Waals surface area contributed by atoms with Gasteiger partial charge in [0.25, 0.3) is 5.91 Å². The molecule has 0 aliphatic carbocycles. The summed E-state index contributed by atoms with van der Waals surface area (Å²) >= 11 is 0. The number of rotatable bonds is 4. The van der Waals surface area contributed by atoms with Crippen LogP contribution in [-0.4, -0.2) is 48.8 Å². The van der Waals surface area contributed by atoms with Crippen molar-refractivity contribution in [1.82, 2.24) is 4.90 Å². The largest absolute Gasteiger partial charge is 0.494 e. The molecule has 1 aliphatic heterocycles. The van der Waals surface area contributed by atoms with Gasteiger partial charge in [-0.1, -0.05) is 16.9 Å². The standard InChI is InChI=1S/C18H22N3O3/c1-2-24-16-7-5-6-15(14-16)18(22)20-12-10-19(11-13-20)17-8-3-4-9-21(17)23/h3-9,14,23H,2,10-13H2,1H3/q+1. The molecular formula is C18H22N3O3+. The second-order valence-electron chi connectivity index (χ2n) is 5.64. The Bertz CT molecular complexity index is 712. The van der Waals surface area contributed by atoms with E-state index < -0.39 is 0 Å². The molecule has 6 nitrogen and oxygen atoms in total. The molecule has 1 N–H and O–H groups in total. The van der Waals surface area contributed by atoms with Crippen molar-refractivity contribution < 1.29 is 19.5 Å². The molecule has 0 bridgehead atoms. The third kappa shape index (κ3) is 3.42. The summed E-state index contributed by atoms with van der Waals surface area (Å²) in [7, 11) is 0. The minimum Gasteiger partial charge on any atom is -0.494 e. The molecule has 1 aromatic carbocycles. The quantitative estimate of drug-likeness (QED) is 0.684. The smallest absolute Gasteiger partial charge is 0.316 e. The summed E-state index contributed by atoms with van der Waals surface area (Å²) in [5.41, 5.74) is 0.645. The molecule has 3 rings (SSSR count). The summed E-state index contributed by atoms with van der Waals surface area (Å²) in [4.78, 5) is 16.6. The molecular weight excluding hydrogens is 306 g/mol. The van der Waals surface area contributed by atoms with Gasteiger partial charge in [-0.3, -0.25) is 9.69 Å². The fraction of sp³-hybridized carbons (Fsp3) is 0.333. The van der Waals surface area contributed by atoms with Crippen molar-refractivity contribution in [3.8, 4) is 5.75 Å². The molecule has 6 heteroatoms. The van der Waals surface area contributed by atoms with E-state index in [2.05, 4.69) is 4.90 Å². The third-order valence-electron chi connectivity index (χ3n) is 4.10. The Labute approximate surface area is 141 Å². The average molecular weight is 328 g/mol. The van der Waals surface area contributed by atoms with Gasteiger partial charge >= 0.3 is 5.82 Å². The second-order valence-corrected chi connectivity index (χ2v) is 5.64. The Morgan fingerprint density at radius 2 is 1.96 bits per heavy atom. The van der Waals surface area contributed by atoms with Gasteiger partial charge in [0.15, 0.2) is 0 Å². The van der Waals surface area contributed by atoms with E-state index in [9.17, 15) is 10.0 Å². The molecule has 1 fully saturated rings. The Morgan fingerprint density at radius 3 is 2.67 bits per heavy atom. The van der Waals surface area contributed by atoms with Crippen molar-refractivity contribution >= 4 is 11.7 Å². The van der Waals surface area contributed by atoms with E-state index in [-0.39, 0.29) is 5.91 Å². The summed E-state index contributed by atoms with van der Waals surface area (Å²) in [5, 5.41) is 9.88. The van der Waals surface area contributed by atoms with Crippen molar-refractivity contribution in [2.24, 2.45) is 0 Å². The van der Waals surface area contributed by atoms with Gasteiger partial charge in [0.1, 0.15) is 25.0 Å².